The third kappa shape index (κ3) is 21.6. The van der Waals surface area contributed by atoms with E-state index in [0.29, 0.717) is 46.1 Å². The Bertz CT molecular complexity index is 3130. The first-order valence-electron chi connectivity index (χ1n) is 23.9. The third-order valence-corrected chi connectivity index (χ3v) is 10.2. The first kappa shape index (κ1) is 64.5. The molecule has 3 heterocycles. The Labute approximate surface area is 508 Å². The molecule has 3 aromatic heterocycles. The van der Waals surface area contributed by atoms with Crippen LogP contribution in [-0.4, -0.2) is 83.0 Å². The molecule has 16 nitrogen and oxygen atoms in total. The van der Waals surface area contributed by atoms with E-state index in [1.807, 2.05) is 188 Å². The SMILES string of the molecule is CC(=O)C=C(C)O.O=C(C=C(O)c1ccccc1)c1ccccc1.[Ir].[Ir].[Ir].[c-]1ccccc1-c1nnc(-c2ccccc2)nn1.[c-]1ccccc1-c1nnc(-c2ccccc2)nn1.[c-]1ccccc1-c1nnc(-c2ccccc2)nn1. The standard InChI is InChI=1S/C15H12O2.3C14H9N4.C5H8O2.3Ir/c16-14(12-7-3-1-4-8-12)11-15(17)13-9-5-2-6-10-13;3*1-3-7-11(8-4-1)13-15-17-14(18-16-13)12-9-5-2-6-10-12;1-4(6)3-5(2)7;;;/h1-11,16H;3*1-9H;3,6H,1-2H3;;;/q;3*-1;;;;. The minimum Gasteiger partial charge on any atom is -0.512 e. The van der Waals surface area contributed by atoms with Crippen molar-refractivity contribution in [2.24, 2.45) is 0 Å². The first-order valence-corrected chi connectivity index (χ1v) is 23.9. The molecule has 0 aliphatic rings. The molecular formula is C62H47Ir3N12O4-3. The molecular weight excluding hydrogens is 1550 g/mol. The van der Waals surface area contributed by atoms with E-state index < -0.39 is 0 Å². The summed E-state index contributed by atoms with van der Waals surface area (Å²) in [6, 6.07) is 78.4. The topological polar surface area (TPSA) is 229 Å². The summed E-state index contributed by atoms with van der Waals surface area (Å²) in [5, 5.41) is 67.1. The molecule has 81 heavy (non-hydrogen) atoms. The Morgan fingerprint density at radius 3 is 0.840 bits per heavy atom. The van der Waals surface area contributed by atoms with Gasteiger partial charge in [0.1, 0.15) is 23.2 Å². The van der Waals surface area contributed by atoms with Crippen molar-refractivity contribution in [3.8, 4) is 68.3 Å². The Morgan fingerprint density at radius 2 is 0.593 bits per heavy atom. The molecule has 0 aliphatic heterocycles. The minimum atomic E-state index is -0.202. The molecule has 0 aliphatic carbocycles. The molecule has 0 spiro atoms. The van der Waals surface area contributed by atoms with Crippen LogP contribution in [0.15, 0.2) is 242 Å². The normalized spacial score (nSPS) is 10.1. The number of nitrogens with zero attached hydrogens (tertiary/aromatic N) is 12. The summed E-state index contributed by atoms with van der Waals surface area (Å²) in [5.74, 6) is 2.74. The maximum atomic E-state index is 11.8. The second-order valence-electron chi connectivity index (χ2n) is 16.1. The molecule has 0 bridgehead atoms. The van der Waals surface area contributed by atoms with Gasteiger partial charge < -0.3 is 10.2 Å². The summed E-state index contributed by atoms with van der Waals surface area (Å²) < 4.78 is 0. The zero-order valence-corrected chi connectivity index (χ0v) is 50.3. The molecule has 11 rings (SSSR count). The summed E-state index contributed by atoms with van der Waals surface area (Å²) in [5.41, 5.74) is 6.28. The van der Waals surface area contributed by atoms with Gasteiger partial charge in [0.15, 0.2) is 11.6 Å². The van der Waals surface area contributed by atoms with Crippen LogP contribution in [0.3, 0.4) is 0 Å². The molecule has 2 N–H and O–H groups in total. The third-order valence-electron chi connectivity index (χ3n) is 10.2. The van der Waals surface area contributed by atoms with Crippen molar-refractivity contribution in [3.63, 3.8) is 0 Å². The molecule has 0 unspecified atom stereocenters. The van der Waals surface area contributed by atoms with Gasteiger partial charge in [-0.2, -0.15) is 30.6 Å². The summed E-state index contributed by atoms with van der Waals surface area (Å²) in [7, 11) is 0. The van der Waals surface area contributed by atoms with E-state index in [1.54, 1.807) is 36.4 Å². The van der Waals surface area contributed by atoms with Crippen molar-refractivity contribution >= 4 is 17.3 Å². The average molecular weight is 1600 g/mol. The molecule has 11 aromatic rings. The molecule has 0 saturated heterocycles. The monoisotopic (exact) mass is 1600 g/mol. The summed E-state index contributed by atoms with van der Waals surface area (Å²) >= 11 is 0. The van der Waals surface area contributed by atoms with Crippen LogP contribution in [0.2, 0.25) is 0 Å². The summed E-state index contributed by atoms with van der Waals surface area (Å²) in [4.78, 5) is 21.8. The molecule has 19 heteroatoms. The van der Waals surface area contributed by atoms with Crippen LogP contribution in [0.5, 0.6) is 0 Å². The summed E-state index contributed by atoms with van der Waals surface area (Å²) in [6.45, 7) is 2.85. The molecule has 0 atom stereocenters. The van der Waals surface area contributed by atoms with Gasteiger partial charge in [-0.15, -0.1) is 138 Å². The smallest absolute Gasteiger partial charge is 0.201 e. The quantitative estimate of drug-likeness (QED) is 0.0561. The fourth-order valence-corrected chi connectivity index (χ4v) is 6.51. The van der Waals surface area contributed by atoms with Crippen LogP contribution < -0.4 is 0 Å². The number of hydrogen-bond donors (Lipinski definition) is 2. The predicted molar refractivity (Wildman–Crippen MR) is 297 cm³/mol. The van der Waals surface area contributed by atoms with Gasteiger partial charge in [0, 0.05) is 100 Å². The van der Waals surface area contributed by atoms with Crippen molar-refractivity contribution in [2.75, 3.05) is 0 Å². The minimum absolute atomic E-state index is 0. The molecule has 0 amide bonds. The molecule has 0 fully saturated rings. The molecule has 0 saturated carbocycles. The predicted octanol–water partition coefficient (Wildman–Crippen LogP) is 11.7. The van der Waals surface area contributed by atoms with E-state index >= 15 is 0 Å². The number of allylic oxidation sites excluding steroid dienone is 3. The Morgan fingerprint density at radius 1 is 0.333 bits per heavy atom. The van der Waals surface area contributed by atoms with Crippen molar-refractivity contribution in [2.45, 2.75) is 13.8 Å². The van der Waals surface area contributed by atoms with Crippen molar-refractivity contribution in [1.29, 1.82) is 0 Å². The Kier molecular flexibility index (Phi) is 28.2. The van der Waals surface area contributed by atoms with E-state index in [9.17, 15) is 14.7 Å². The van der Waals surface area contributed by atoms with Crippen LogP contribution in [0.1, 0.15) is 29.8 Å². The first-order chi connectivity index (χ1) is 38.2. The maximum Gasteiger partial charge on any atom is 0.201 e. The van der Waals surface area contributed by atoms with E-state index in [4.69, 9.17) is 5.11 Å². The average Bonchev–Trinajstić information content (AvgIpc) is 3.52. The number of aromatic nitrogens is 12. The molecule has 409 valence electrons. The van der Waals surface area contributed by atoms with Crippen LogP contribution in [0.4, 0.5) is 0 Å². The zero-order valence-electron chi connectivity index (χ0n) is 43.1. The van der Waals surface area contributed by atoms with Gasteiger partial charge in [-0.1, -0.05) is 152 Å². The number of aliphatic hydroxyl groups is 2. The van der Waals surface area contributed by atoms with Gasteiger partial charge in [0.2, 0.25) is 17.5 Å². The van der Waals surface area contributed by atoms with Crippen LogP contribution in [0, 0.1) is 18.2 Å². The summed E-state index contributed by atoms with van der Waals surface area (Å²) in [6.07, 6.45) is 2.41. The molecule has 8 aromatic carbocycles. The number of ketones is 2. The van der Waals surface area contributed by atoms with Gasteiger partial charge in [0.05, 0.1) is 5.76 Å². The van der Waals surface area contributed by atoms with Gasteiger partial charge in [-0.25, -0.2) is 0 Å². The Hall–Kier alpha value is -9.05. The van der Waals surface area contributed by atoms with Gasteiger partial charge in [0.25, 0.3) is 0 Å². The number of aliphatic hydroxyl groups excluding tert-OH is 2. The van der Waals surface area contributed by atoms with Gasteiger partial charge >= 0.3 is 0 Å². The number of carbonyl (C=O) groups is 2. The largest absolute Gasteiger partial charge is 0.512 e. The fourth-order valence-electron chi connectivity index (χ4n) is 6.51. The number of rotatable bonds is 10. The van der Waals surface area contributed by atoms with Crippen molar-refractivity contribution in [3.05, 3.63) is 272 Å². The maximum absolute atomic E-state index is 11.8. The second kappa shape index (κ2) is 35.5. The van der Waals surface area contributed by atoms with E-state index in [0.717, 1.165) is 33.4 Å². The number of hydrogen-bond acceptors (Lipinski definition) is 16. The Balaban J connectivity index is 0.000000221. The van der Waals surface area contributed by atoms with Crippen LogP contribution in [-0.2, 0) is 65.1 Å². The van der Waals surface area contributed by atoms with E-state index in [-0.39, 0.29) is 83.4 Å². The number of benzene rings is 8. The van der Waals surface area contributed by atoms with Crippen LogP contribution in [0.25, 0.3) is 74.1 Å². The van der Waals surface area contributed by atoms with E-state index in [1.165, 1.54) is 26.0 Å². The van der Waals surface area contributed by atoms with Crippen molar-refractivity contribution < 1.29 is 80.1 Å². The number of carbonyl (C=O) groups excluding carboxylic acids is 2. The van der Waals surface area contributed by atoms with Gasteiger partial charge in [-0.3, -0.25) is 9.59 Å². The van der Waals surface area contributed by atoms with Crippen LogP contribution >= 0.6 is 0 Å². The van der Waals surface area contributed by atoms with E-state index in [2.05, 4.69) is 79.4 Å². The second-order valence-corrected chi connectivity index (χ2v) is 16.1. The van der Waals surface area contributed by atoms with Crippen molar-refractivity contribution in [1.82, 2.24) is 61.2 Å². The fraction of sp³-hybridized carbons (Fsp3) is 0.0323. The molecule has 3 radical (unpaired) electrons. The zero-order chi connectivity index (χ0) is 54.6. The van der Waals surface area contributed by atoms with Gasteiger partial charge in [-0.05, 0) is 13.8 Å².